The quantitative estimate of drug-likeness (QED) is 0.378. The summed E-state index contributed by atoms with van der Waals surface area (Å²) in [6, 6.07) is 8.35. The summed E-state index contributed by atoms with van der Waals surface area (Å²) in [5, 5.41) is 18.8. The molecule has 2 amide bonds. The molecule has 0 spiro atoms. The molecule has 2 rings (SSSR count). The van der Waals surface area contributed by atoms with Gasteiger partial charge in [0.25, 0.3) is 11.6 Å². The smallest absolute Gasteiger partial charge is 0.287 e. The van der Waals surface area contributed by atoms with E-state index in [1.807, 2.05) is 0 Å². The van der Waals surface area contributed by atoms with Gasteiger partial charge < -0.3 is 20.4 Å². The number of non-ortho nitro benzene ring substituents is 1. The van der Waals surface area contributed by atoms with Gasteiger partial charge >= 0.3 is 0 Å². The highest BCUT2D eigenvalue weighted by Gasteiger charge is 2.17. The fourth-order valence-corrected chi connectivity index (χ4v) is 1.99. The van der Waals surface area contributed by atoms with E-state index in [0.717, 1.165) is 0 Å². The van der Waals surface area contributed by atoms with E-state index >= 15 is 0 Å². The zero-order chi connectivity index (χ0) is 18.2. The maximum Gasteiger partial charge on any atom is 0.287 e. The number of benzene rings is 1. The summed E-state index contributed by atoms with van der Waals surface area (Å²) in [6.07, 6.45) is 1.38. The normalized spacial score (nSPS) is 11.4. The first kappa shape index (κ1) is 18.0. The first-order valence-electron chi connectivity index (χ1n) is 7.58. The number of nitrogens with one attached hydrogen (secondary N) is 3. The van der Waals surface area contributed by atoms with E-state index in [2.05, 4.69) is 16.0 Å². The Hall–Kier alpha value is -3.36. The lowest BCUT2D eigenvalue weighted by Crippen LogP contribution is -2.45. The van der Waals surface area contributed by atoms with Gasteiger partial charge in [0.2, 0.25) is 5.91 Å². The molecule has 0 fully saturated rings. The van der Waals surface area contributed by atoms with Crippen LogP contribution in [-0.2, 0) is 4.79 Å². The minimum atomic E-state index is -0.711. The number of carbonyl (C=O) groups is 2. The molecule has 2 aromatic rings. The number of rotatable bonds is 8. The molecule has 1 unspecified atom stereocenters. The average Bonchev–Trinajstić information content (AvgIpc) is 3.13. The van der Waals surface area contributed by atoms with E-state index in [1.165, 1.54) is 24.5 Å². The third-order valence-corrected chi connectivity index (χ3v) is 3.32. The first-order chi connectivity index (χ1) is 12.0. The molecule has 0 aliphatic heterocycles. The molecule has 0 bridgehead atoms. The number of furan rings is 1. The van der Waals surface area contributed by atoms with Crippen molar-refractivity contribution in [3.63, 3.8) is 0 Å². The predicted molar refractivity (Wildman–Crippen MR) is 90.2 cm³/mol. The Labute approximate surface area is 143 Å². The molecule has 9 nitrogen and oxygen atoms in total. The minimum absolute atomic E-state index is 0.0139. The van der Waals surface area contributed by atoms with Crippen LogP contribution >= 0.6 is 0 Å². The number of hydrogen-bond donors (Lipinski definition) is 3. The topological polar surface area (TPSA) is 127 Å². The molecule has 1 aromatic heterocycles. The fraction of sp³-hybridized carbons (Fsp3) is 0.250. The number of amides is 2. The summed E-state index contributed by atoms with van der Waals surface area (Å²) in [5.74, 6) is -0.651. The van der Waals surface area contributed by atoms with Crippen molar-refractivity contribution in [3.8, 4) is 0 Å². The second kappa shape index (κ2) is 8.48. The Balaban J connectivity index is 1.69. The van der Waals surface area contributed by atoms with Crippen LogP contribution in [0.2, 0.25) is 0 Å². The molecule has 0 saturated carbocycles. The predicted octanol–water partition coefficient (Wildman–Crippen LogP) is 1.53. The van der Waals surface area contributed by atoms with E-state index in [9.17, 15) is 19.7 Å². The molecule has 9 heteroatoms. The van der Waals surface area contributed by atoms with Crippen molar-refractivity contribution in [2.24, 2.45) is 0 Å². The van der Waals surface area contributed by atoms with Crippen LogP contribution < -0.4 is 16.0 Å². The van der Waals surface area contributed by atoms with Gasteiger partial charge in [0.05, 0.1) is 11.2 Å². The number of nitrogens with zero attached hydrogens (tertiary/aromatic N) is 1. The summed E-state index contributed by atoms with van der Waals surface area (Å²) < 4.78 is 4.95. The second-order valence-electron chi connectivity index (χ2n) is 5.19. The van der Waals surface area contributed by atoms with Gasteiger partial charge in [0.1, 0.15) is 6.04 Å². The van der Waals surface area contributed by atoms with Crippen LogP contribution in [0.15, 0.2) is 47.1 Å². The molecule has 3 N–H and O–H groups in total. The molecule has 1 atom stereocenters. The van der Waals surface area contributed by atoms with Crippen LogP contribution in [0.3, 0.4) is 0 Å². The Morgan fingerprint density at radius 1 is 1.20 bits per heavy atom. The number of nitro benzene ring substituents is 1. The largest absolute Gasteiger partial charge is 0.459 e. The van der Waals surface area contributed by atoms with Gasteiger partial charge in [-0.15, -0.1) is 0 Å². The lowest BCUT2D eigenvalue weighted by molar-refractivity contribution is -0.384. The van der Waals surface area contributed by atoms with Crippen molar-refractivity contribution in [2.75, 3.05) is 18.4 Å². The lowest BCUT2D eigenvalue weighted by Gasteiger charge is -2.13. The van der Waals surface area contributed by atoms with Gasteiger partial charge in [-0.1, -0.05) is 0 Å². The summed E-state index contributed by atoms with van der Waals surface area (Å²) in [5.41, 5.74) is 0.721. The van der Waals surface area contributed by atoms with Gasteiger partial charge in [-0.3, -0.25) is 19.7 Å². The molecule has 1 heterocycles. The molecule has 0 aliphatic rings. The van der Waals surface area contributed by atoms with Gasteiger partial charge in [-0.25, -0.2) is 0 Å². The van der Waals surface area contributed by atoms with E-state index in [4.69, 9.17) is 4.42 Å². The summed E-state index contributed by atoms with van der Waals surface area (Å²) in [4.78, 5) is 33.8. The highest BCUT2D eigenvalue weighted by atomic mass is 16.6. The lowest BCUT2D eigenvalue weighted by atomic mass is 10.3. The van der Waals surface area contributed by atoms with Crippen molar-refractivity contribution < 1.29 is 18.9 Å². The number of anilines is 1. The maximum atomic E-state index is 11.9. The Morgan fingerprint density at radius 3 is 2.52 bits per heavy atom. The van der Waals surface area contributed by atoms with Gasteiger partial charge in [0.15, 0.2) is 5.76 Å². The van der Waals surface area contributed by atoms with Gasteiger partial charge in [-0.2, -0.15) is 0 Å². The van der Waals surface area contributed by atoms with Crippen LogP contribution in [-0.4, -0.2) is 35.9 Å². The Morgan fingerprint density at radius 2 is 1.92 bits per heavy atom. The first-order valence-corrected chi connectivity index (χ1v) is 7.58. The van der Waals surface area contributed by atoms with E-state index in [1.54, 1.807) is 25.1 Å². The fourth-order valence-electron chi connectivity index (χ4n) is 1.99. The average molecular weight is 346 g/mol. The SMILES string of the molecule is CC(NC(=O)c1ccco1)C(=O)NCCNc1ccc([N+](=O)[O-])cc1. The molecule has 0 aliphatic carbocycles. The summed E-state index contributed by atoms with van der Waals surface area (Å²) in [7, 11) is 0. The van der Waals surface area contributed by atoms with Crippen LogP contribution in [0.1, 0.15) is 17.5 Å². The molecular weight excluding hydrogens is 328 g/mol. The second-order valence-corrected chi connectivity index (χ2v) is 5.19. The zero-order valence-corrected chi connectivity index (χ0v) is 13.5. The number of hydrogen-bond acceptors (Lipinski definition) is 6. The van der Waals surface area contributed by atoms with Crippen molar-refractivity contribution >= 4 is 23.2 Å². The minimum Gasteiger partial charge on any atom is -0.459 e. The molecule has 25 heavy (non-hydrogen) atoms. The van der Waals surface area contributed by atoms with Crippen molar-refractivity contribution in [3.05, 3.63) is 58.5 Å². The third kappa shape index (κ3) is 5.34. The highest BCUT2D eigenvalue weighted by Crippen LogP contribution is 2.14. The van der Waals surface area contributed by atoms with Gasteiger partial charge in [-0.05, 0) is 31.2 Å². The highest BCUT2D eigenvalue weighted by molar-refractivity contribution is 5.95. The van der Waals surface area contributed by atoms with E-state index < -0.39 is 16.9 Å². The molecule has 1 aromatic carbocycles. The molecular formula is C16H18N4O5. The van der Waals surface area contributed by atoms with E-state index in [-0.39, 0.29) is 17.4 Å². The molecule has 0 saturated heterocycles. The van der Waals surface area contributed by atoms with Crippen molar-refractivity contribution in [1.29, 1.82) is 0 Å². The van der Waals surface area contributed by atoms with Crippen molar-refractivity contribution in [1.82, 2.24) is 10.6 Å². The van der Waals surface area contributed by atoms with Crippen LogP contribution in [0.5, 0.6) is 0 Å². The van der Waals surface area contributed by atoms with Crippen LogP contribution in [0.4, 0.5) is 11.4 Å². The Kier molecular flexibility index (Phi) is 6.10. The Bertz CT molecular complexity index is 727. The van der Waals surface area contributed by atoms with E-state index in [0.29, 0.717) is 18.8 Å². The third-order valence-electron chi connectivity index (χ3n) is 3.32. The standard InChI is InChI=1S/C16H18N4O5/c1-11(19-16(22)14-3-2-10-25-14)15(21)18-9-8-17-12-4-6-13(7-5-12)20(23)24/h2-7,10-11,17H,8-9H2,1H3,(H,18,21)(H,19,22). The van der Waals surface area contributed by atoms with Crippen LogP contribution in [0.25, 0.3) is 0 Å². The zero-order valence-electron chi connectivity index (χ0n) is 13.5. The van der Waals surface area contributed by atoms with Crippen LogP contribution in [0, 0.1) is 10.1 Å². The maximum absolute atomic E-state index is 11.9. The number of carbonyl (C=O) groups excluding carboxylic acids is 2. The summed E-state index contributed by atoms with van der Waals surface area (Å²) >= 11 is 0. The summed E-state index contributed by atoms with van der Waals surface area (Å²) in [6.45, 7) is 2.33. The molecule has 132 valence electrons. The van der Waals surface area contributed by atoms with Gasteiger partial charge in [0, 0.05) is 30.9 Å². The molecule has 0 radical (unpaired) electrons. The number of nitro groups is 1. The monoisotopic (exact) mass is 346 g/mol. The van der Waals surface area contributed by atoms with Crippen molar-refractivity contribution in [2.45, 2.75) is 13.0 Å².